The molecule has 1 aromatic rings. The first-order valence-corrected chi connectivity index (χ1v) is 7.66. The zero-order chi connectivity index (χ0) is 13.9. The third-order valence-corrected chi connectivity index (χ3v) is 3.63. The van der Waals surface area contributed by atoms with E-state index in [2.05, 4.69) is 23.4 Å². The molecule has 1 rings (SSSR count). The standard InChI is InChI=1S/C16H29N3/c1-3-4-5-6-7-8-9-10-16(19-17)15-12-11-14(2)18-13-15/h11-13,16,19H,3-10,17H2,1-2H3. The van der Waals surface area contributed by atoms with Crippen molar-refractivity contribution in [3.05, 3.63) is 29.6 Å². The number of nitrogens with two attached hydrogens (primary N) is 1. The van der Waals surface area contributed by atoms with Gasteiger partial charge in [-0.3, -0.25) is 16.3 Å². The van der Waals surface area contributed by atoms with E-state index in [0.717, 1.165) is 12.1 Å². The smallest absolute Gasteiger partial charge is 0.0475 e. The Bertz CT molecular complexity index is 321. The molecule has 1 aromatic heterocycles. The van der Waals surface area contributed by atoms with Crippen molar-refractivity contribution in [1.82, 2.24) is 10.4 Å². The highest BCUT2D eigenvalue weighted by Crippen LogP contribution is 2.19. The first-order chi connectivity index (χ1) is 9.27. The fourth-order valence-corrected chi connectivity index (χ4v) is 2.34. The van der Waals surface area contributed by atoms with Gasteiger partial charge in [-0.25, -0.2) is 0 Å². The van der Waals surface area contributed by atoms with E-state index in [0.29, 0.717) is 0 Å². The Balaban J connectivity index is 2.20. The molecule has 0 aliphatic carbocycles. The van der Waals surface area contributed by atoms with Crippen molar-refractivity contribution < 1.29 is 0 Å². The third-order valence-electron chi connectivity index (χ3n) is 3.63. The van der Waals surface area contributed by atoms with Crippen molar-refractivity contribution in [3.63, 3.8) is 0 Å². The van der Waals surface area contributed by atoms with Gasteiger partial charge in [0.2, 0.25) is 0 Å². The summed E-state index contributed by atoms with van der Waals surface area (Å²) in [6.07, 6.45) is 12.4. The van der Waals surface area contributed by atoms with Gasteiger partial charge in [0.15, 0.2) is 0 Å². The van der Waals surface area contributed by atoms with Crippen LogP contribution in [0.5, 0.6) is 0 Å². The summed E-state index contributed by atoms with van der Waals surface area (Å²) < 4.78 is 0. The molecule has 19 heavy (non-hydrogen) atoms. The number of nitrogens with one attached hydrogen (secondary N) is 1. The molecular formula is C16H29N3. The summed E-state index contributed by atoms with van der Waals surface area (Å²) in [6.45, 7) is 4.26. The van der Waals surface area contributed by atoms with Crippen LogP contribution < -0.4 is 11.3 Å². The van der Waals surface area contributed by atoms with E-state index >= 15 is 0 Å². The Morgan fingerprint density at radius 2 is 1.79 bits per heavy atom. The molecule has 108 valence electrons. The van der Waals surface area contributed by atoms with E-state index in [-0.39, 0.29) is 6.04 Å². The maximum Gasteiger partial charge on any atom is 0.0475 e. The largest absolute Gasteiger partial charge is 0.271 e. The van der Waals surface area contributed by atoms with Crippen LogP contribution in [0.15, 0.2) is 18.3 Å². The molecule has 3 heteroatoms. The lowest BCUT2D eigenvalue weighted by Gasteiger charge is -2.16. The summed E-state index contributed by atoms with van der Waals surface area (Å²) in [5.74, 6) is 5.65. The van der Waals surface area contributed by atoms with E-state index < -0.39 is 0 Å². The second kappa shape index (κ2) is 9.93. The molecule has 0 radical (unpaired) electrons. The van der Waals surface area contributed by atoms with Crippen LogP contribution in [0.4, 0.5) is 0 Å². The lowest BCUT2D eigenvalue weighted by molar-refractivity contribution is 0.475. The molecule has 1 atom stereocenters. The molecule has 1 unspecified atom stereocenters. The van der Waals surface area contributed by atoms with Crippen molar-refractivity contribution in [2.45, 2.75) is 71.3 Å². The van der Waals surface area contributed by atoms with Gasteiger partial charge in [-0.1, -0.05) is 57.9 Å². The van der Waals surface area contributed by atoms with Crippen molar-refractivity contribution in [2.75, 3.05) is 0 Å². The predicted molar refractivity (Wildman–Crippen MR) is 81.6 cm³/mol. The second-order valence-corrected chi connectivity index (χ2v) is 5.36. The van der Waals surface area contributed by atoms with Crippen molar-refractivity contribution >= 4 is 0 Å². The second-order valence-electron chi connectivity index (χ2n) is 5.36. The molecule has 0 fully saturated rings. The van der Waals surface area contributed by atoms with Crippen LogP contribution in [0, 0.1) is 6.92 Å². The topological polar surface area (TPSA) is 50.9 Å². The van der Waals surface area contributed by atoms with Crippen LogP contribution >= 0.6 is 0 Å². The first-order valence-electron chi connectivity index (χ1n) is 7.66. The van der Waals surface area contributed by atoms with Crippen LogP contribution in [0.1, 0.15) is 75.6 Å². The normalized spacial score (nSPS) is 12.6. The van der Waals surface area contributed by atoms with Gasteiger partial charge in [-0.05, 0) is 25.0 Å². The van der Waals surface area contributed by atoms with E-state index in [1.54, 1.807) is 0 Å². The van der Waals surface area contributed by atoms with Crippen LogP contribution in [-0.4, -0.2) is 4.98 Å². The van der Waals surface area contributed by atoms with Crippen molar-refractivity contribution in [3.8, 4) is 0 Å². The zero-order valence-electron chi connectivity index (χ0n) is 12.5. The molecule has 0 amide bonds. The summed E-state index contributed by atoms with van der Waals surface area (Å²) in [5, 5.41) is 0. The lowest BCUT2D eigenvalue weighted by Crippen LogP contribution is -2.28. The molecule has 0 saturated heterocycles. The first kappa shape index (κ1) is 16.1. The van der Waals surface area contributed by atoms with Gasteiger partial charge >= 0.3 is 0 Å². The Morgan fingerprint density at radius 3 is 2.37 bits per heavy atom. The number of hydrazine groups is 1. The Kier molecular flexibility index (Phi) is 8.43. The highest BCUT2D eigenvalue weighted by Gasteiger charge is 2.09. The number of nitrogens with zero attached hydrogens (tertiary/aromatic N) is 1. The van der Waals surface area contributed by atoms with Gasteiger partial charge in [-0.15, -0.1) is 0 Å². The Hall–Kier alpha value is -0.930. The summed E-state index contributed by atoms with van der Waals surface area (Å²) in [7, 11) is 0. The minimum absolute atomic E-state index is 0.240. The maximum absolute atomic E-state index is 5.65. The third kappa shape index (κ3) is 6.69. The molecule has 0 aliphatic rings. The minimum Gasteiger partial charge on any atom is -0.271 e. The molecule has 1 heterocycles. The molecule has 0 spiro atoms. The lowest BCUT2D eigenvalue weighted by atomic mass is 10.0. The van der Waals surface area contributed by atoms with E-state index in [4.69, 9.17) is 5.84 Å². The van der Waals surface area contributed by atoms with E-state index in [1.807, 2.05) is 19.2 Å². The van der Waals surface area contributed by atoms with Gasteiger partial charge in [-0.2, -0.15) is 0 Å². The fourth-order valence-electron chi connectivity index (χ4n) is 2.34. The van der Waals surface area contributed by atoms with Crippen LogP contribution in [0.3, 0.4) is 0 Å². The number of rotatable bonds is 10. The average molecular weight is 263 g/mol. The number of aromatic nitrogens is 1. The minimum atomic E-state index is 0.240. The zero-order valence-corrected chi connectivity index (χ0v) is 12.5. The Labute approximate surface area is 118 Å². The fraction of sp³-hybridized carbons (Fsp3) is 0.688. The summed E-state index contributed by atoms with van der Waals surface area (Å²) in [5.41, 5.74) is 5.15. The van der Waals surface area contributed by atoms with Gasteiger partial charge < -0.3 is 0 Å². The van der Waals surface area contributed by atoms with E-state index in [1.165, 1.54) is 50.5 Å². The number of unbranched alkanes of at least 4 members (excludes halogenated alkanes) is 6. The van der Waals surface area contributed by atoms with Gasteiger partial charge in [0.05, 0.1) is 0 Å². The number of aryl methyl sites for hydroxylation is 1. The van der Waals surface area contributed by atoms with Crippen LogP contribution in [0.2, 0.25) is 0 Å². The predicted octanol–water partition coefficient (Wildman–Crippen LogP) is 4.04. The van der Waals surface area contributed by atoms with Gasteiger partial charge in [0, 0.05) is 17.9 Å². The van der Waals surface area contributed by atoms with E-state index in [9.17, 15) is 0 Å². The van der Waals surface area contributed by atoms with Crippen LogP contribution in [-0.2, 0) is 0 Å². The van der Waals surface area contributed by atoms with Crippen molar-refractivity contribution in [2.24, 2.45) is 5.84 Å². The SMILES string of the molecule is CCCCCCCCCC(NN)c1ccc(C)nc1. The van der Waals surface area contributed by atoms with Gasteiger partial charge in [0.1, 0.15) is 0 Å². The molecule has 0 aromatic carbocycles. The molecule has 3 nitrogen and oxygen atoms in total. The highest BCUT2D eigenvalue weighted by molar-refractivity contribution is 5.16. The average Bonchev–Trinajstić information content (AvgIpc) is 2.43. The molecular weight excluding hydrogens is 234 g/mol. The molecule has 0 saturated carbocycles. The maximum atomic E-state index is 5.65. The molecule has 3 N–H and O–H groups in total. The quantitative estimate of drug-likeness (QED) is 0.380. The highest BCUT2D eigenvalue weighted by atomic mass is 15.2. The molecule has 0 bridgehead atoms. The van der Waals surface area contributed by atoms with Crippen LogP contribution in [0.25, 0.3) is 0 Å². The summed E-state index contributed by atoms with van der Waals surface area (Å²) >= 11 is 0. The number of pyridine rings is 1. The summed E-state index contributed by atoms with van der Waals surface area (Å²) in [6, 6.07) is 4.40. The monoisotopic (exact) mass is 263 g/mol. The Morgan fingerprint density at radius 1 is 1.11 bits per heavy atom. The van der Waals surface area contributed by atoms with Gasteiger partial charge in [0.25, 0.3) is 0 Å². The number of hydrogen-bond acceptors (Lipinski definition) is 3. The van der Waals surface area contributed by atoms with Crippen molar-refractivity contribution in [1.29, 1.82) is 0 Å². The number of hydrogen-bond donors (Lipinski definition) is 2. The molecule has 0 aliphatic heterocycles. The summed E-state index contributed by atoms with van der Waals surface area (Å²) in [4.78, 5) is 4.33.